The molecule has 0 aliphatic carbocycles. The van der Waals surface area contributed by atoms with E-state index in [-0.39, 0.29) is 23.9 Å². The molecule has 0 fully saturated rings. The highest BCUT2D eigenvalue weighted by Gasteiger charge is 2.37. The van der Waals surface area contributed by atoms with Crippen molar-refractivity contribution < 1.29 is 14.3 Å². The highest BCUT2D eigenvalue weighted by Crippen LogP contribution is 2.36. The van der Waals surface area contributed by atoms with E-state index in [0.29, 0.717) is 6.61 Å². The molecule has 0 saturated carbocycles. The van der Waals surface area contributed by atoms with Gasteiger partial charge in [0.25, 0.3) is 0 Å². The third kappa shape index (κ3) is 4.21. The van der Waals surface area contributed by atoms with Crippen LogP contribution in [0.1, 0.15) is 27.2 Å². The molecular weight excluding hydrogens is 232 g/mol. The van der Waals surface area contributed by atoms with Crippen LogP contribution < -0.4 is 0 Å². The molecule has 4 heteroatoms. The molecule has 100 valence electrons. The van der Waals surface area contributed by atoms with Crippen molar-refractivity contribution in [3.63, 3.8) is 0 Å². The molecule has 0 radical (unpaired) electrons. The number of ether oxygens (including phenoxy) is 1. The molecule has 1 heterocycles. The standard InChI is InChI=1S/C13H26O3Si/c1-13(2,3)17(4,5)15-10-12-8-6-7-11(9-14)16-12/h6-7,11-12,14H,8-10H2,1-5H3/t11-,12+/m1/s1. The summed E-state index contributed by atoms with van der Waals surface area (Å²) in [6.45, 7) is 11.9. The van der Waals surface area contributed by atoms with Crippen molar-refractivity contribution in [1.29, 1.82) is 0 Å². The Morgan fingerprint density at radius 3 is 2.59 bits per heavy atom. The third-order valence-electron chi connectivity index (χ3n) is 3.73. The van der Waals surface area contributed by atoms with Crippen molar-refractivity contribution in [3.05, 3.63) is 12.2 Å². The fourth-order valence-electron chi connectivity index (χ4n) is 1.46. The topological polar surface area (TPSA) is 38.7 Å². The van der Waals surface area contributed by atoms with Crippen molar-refractivity contribution in [2.75, 3.05) is 13.2 Å². The molecule has 0 bridgehead atoms. The van der Waals surface area contributed by atoms with Crippen LogP contribution in [-0.2, 0) is 9.16 Å². The van der Waals surface area contributed by atoms with E-state index in [1.54, 1.807) is 0 Å². The van der Waals surface area contributed by atoms with E-state index in [1.165, 1.54) is 0 Å². The molecule has 0 unspecified atom stereocenters. The zero-order chi connectivity index (χ0) is 13.1. The first-order valence-electron chi connectivity index (χ1n) is 6.33. The summed E-state index contributed by atoms with van der Waals surface area (Å²) >= 11 is 0. The van der Waals surface area contributed by atoms with Gasteiger partial charge in [0, 0.05) is 0 Å². The second kappa shape index (κ2) is 5.65. The molecule has 2 atom stereocenters. The van der Waals surface area contributed by atoms with E-state index in [9.17, 15) is 0 Å². The van der Waals surface area contributed by atoms with Gasteiger partial charge in [0.05, 0.1) is 25.4 Å². The largest absolute Gasteiger partial charge is 0.414 e. The van der Waals surface area contributed by atoms with Crippen molar-refractivity contribution in [2.24, 2.45) is 0 Å². The van der Waals surface area contributed by atoms with Crippen molar-refractivity contribution >= 4 is 8.32 Å². The summed E-state index contributed by atoms with van der Waals surface area (Å²) in [5.41, 5.74) is 0. The molecule has 0 aromatic carbocycles. The molecule has 0 aromatic heterocycles. The zero-order valence-corrected chi connectivity index (χ0v) is 12.7. The highest BCUT2D eigenvalue weighted by atomic mass is 28.4. The van der Waals surface area contributed by atoms with Crippen molar-refractivity contribution in [1.82, 2.24) is 0 Å². The van der Waals surface area contributed by atoms with E-state index in [2.05, 4.69) is 39.9 Å². The Morgan fingerprint density at radius 1 is 1.41 bits per heavy atom. The molecule has 1 aliphatic rings. The first kappa shape index (κ1) is 14.9. The second-order valence-electron chi connectivity index (χ2n) is 6.21. The number of hydrogen-bond donors (Lipinski definition) is 1. The molecule has 0 aromatic rings. The zero-order valence-electron chi connectivity index (χ0n) is 11.7. The predicted molar refractivity (Wildman–Crippen MR) is 72.7 cm³/mol. The second-order valence-corrected chi connectivity index (χ2v) is 11.0. The summed E-state index contributed by atoms with van der Waals surface area (Å²) in [7, 11) is -1.69. The molecule has 3 nitrogen and oxygen atoms in total. The van der Waals surface area contributed by atoms with Crippen LogP contribution in [0.2, 0.25) is 18.1 Å². The molecule has 1 aliphatic heterocycles. The predicted octanol–water partition coefficient (Wildman–Crippen LogP) is 2.71. The summed E-state index contributed by atoms with van der Waals surface area (Å²) in [4.78, 5) is 0. The Bertz CT molecular complexity index is 268. The molecule has 1 rings (SSSR count). The highest BCUT2D eigenvalue weighted by molar-refractivity contribution is 6.74. The summed E-state index contributed by atoms with van der Waals surface area (Å²) in [5.74, 6) is 0. The van der Waals surface area contributed by atoms with Crippen LogP contribution in [0, 0.1) is 0 Å². The Morgan fingerprint density at radius 2 is 2.06 bits per heavy atom. The molecule has 0 saturated heterocycles. The van der Waals surface area contributed by atoms with Crippen molar-refractivity contribution in [2.45, 2.75) is 57.5 Å². The minimum absolute atomic E-state index is 0.0487. The molecular formula is C13H26O3Si. The molecule has 1 N–H and O–H groups in total. The fraction of sp³-hybridized carbons (Fsp3) is 0.846. The molecule has 0 amide bonds. The normalized spacial score (nSPS) is 26.2. The maximum atomic E-state index is 9.06. The van der Waals surface area contributed by atoms with Crippen LogP contribution in [-0.4, -0.2) is 38.8 Å². The quantitative estimate of drug-likeness (QED) is 0.622. The van der Waals surface area contributed by atoms with Gasteiger partial charge in [-0.15, -0.1) is 0 Å². The smallest absolute Gasteiger partial charge is 0.192 e. The minimum atomic E-state index is -1.69. The van der Waals surface area contributed by atoms with Crippen LogP contribution in [0.3, 0.4) is 0 Å². The van der Waals surface area contributed by atoms with Crippen molar-refractivity contribution in [3.8, 4) is 0 Å². The maximum Gasteiger partial charge on any atom is 0.192 e. The van der Waals surface area contributed by atoms with E-state index >= 15 is 0 Å². The Hall–Kier alpha value is -0.163. The average Bonchev–Trinajstić information content (AvgIpc) is 2.25. The summed E-state index contributed by atoms with van der Waals surface area (Å²) < 4.78 is 11.8. The number of hydrogen-bond acceptors (Lipinski definition) is 3. The number of aliphatic hydroxyl groups is 1. The van der Waals surface area contributed by atoms with Gasteiger partial charge in [-0.2, -0.15) is 0 Å². The summed E-state index contributed by atoms with van der Waals surface area (Å²) in [5, 5.41) is 9.29. The van der Waals surface area contributed by atoms with E-state index < -0.39 is 8.32 Å². The Kier molecular flexibility index (Phi) is 4.95. The van der Waals surface area contributed by atoms with E-state index in [1.807, 2.05) is 6.08 Å². The fourth-order valence-corrected chi connectivity index (χ4v) is 2.49. The number of rotatable bonds is 4. The van der Waals surface area contributed by atoms with E-state index in [4.69, 9.17) is 14.3 Å². The lowest BCUT2D eigenvalue weighted by atomic mass is 10.1. The minimum Gasteiger partial charge on any atom is -0.414 e. The van der Waals surface area contributed by atoms with Gasteiger partial charge in [0.1, 0.15) is 0 Å². The first-order chi connectivity index (χ1) is 7.76. The van der Waals surface area contributed by atoms with Gasteiger partial charge in [0.2, 0.25) is 0 Å². The van der Waals surface area contributed by atoms with Crippen LogP contribution in [0.15, 0.2) is 12.2 Å². The lowest BCUT2D eigenvalue weighted by Crippen LogP contribution is -2.43. The maximum absolute atomic E-state index is 9.06. The first-order valence-corrected chi connectivity index (χ1v) is 9.24. The average molecular weight is 258 g/mol. The Labute approximate surface area is 106 Å². The van der Waals surface area contributed by atoms with Crippen LogP contribution >= 0.6 is 0 Å². The summed E-state index contributed by atoms with van der Waals surface area (Å²) in [6, 6.07) is 0. The monoisotopic (exact) mass is 258 g/mol. The van der Waals surface area contributed by atoms with Crippen LogP contribution in [0.25, 0.3) is 0 Å². The molecule has 17 heavy (non-hydrogen) atoms. The van der Waals surface area contributed by atoms with Gasteiger partial charge >= 0.3 is 0 Å². The van der Waals surface area contributed by atoms with Gasteiger partial charge < -0.3 is 14.3 Å². The lowest BCUT2D eigenvalue weighted by molar-refractivity contribution is -0.0413. The SMILES string of the molecule is CC(C)(C)[Si](C)(C)OC[C@@H]1CC=C[C@H](CO)O1. The van der Waals surface area contributed by atoms with Gasteiger partial charge in [-0.3, -0.25) is 0 Å². The van der Waals surface area contributed by atoms with Gasteiger partial charge in [0.15, 0.2) is 8.32 Å². The van der Waals surface area contributed by atoms with Crippen LogP contribution in [0.5, 0.6) is 0 Å². The summed E-state index contributed by atoms with van der Waals surface area (Å²) in [6.07, 6.45) is 4.81. The van der Waals surface area contributed by atoms with Crippen LogP contribution in [0.4, 0.5) is 0 Å². The van der Waals surface area contributed by atoms with E-state index in [0.717, 1.165) is 6.42 Å². The van der Waals surface area contributed by atoms with Gasteiger partial charge in [-0.25, -0.2) is 0 Å². The third-order valence-corrected chi connectivity index (χ3v) is 8.23. The molecule has 0 spiro atoms. The lowest BCUT2D eigenvalue weighted by Gasteiger charge is -2.37. The number of aliphatic hydroxyl groups excluding tert-OH is 1. The van der Waals surface area contributed by atoms with Gasteiger partial charge in [-0.05, 0) is 24.6 Å². The Balaban J connectivity index is 2.44. The van der Waals surface area contributed by atoms with Gasteiger partial charge in [-0.1, -0.05) is 32.9 Å².